The van der Waals surface area contributed by atoms with Crippen LogP contribution in [0.2, 0.25) is 0 Å². The van der Waals surface area contributed by atoms with Crippen molar-refractivity contribution in [3.63, 3.8) is 0 Å². The van der Waals surface area contributed by atoms with E-state index < -0.39 is 11.7 Å². The second-order valence-electron chi connectivity index (χ2n) is 9.02. The second-order valence-corrected chi connectivity index (χ2v) is 9.02. The van der Waals surface area contributed by atoms with E-state index in [1.807, 2.05) is 9.80 Å². The highest BCUT2D eigenvalue weighted by atomic mass is 19.4. The van der Waals surface area contributed by atoms with Gasteiger partial charge in [-0.15, -0.1) is 0 Å². The number of benzene rings is 1. The van der Waals surface area contributed by atoms with Crippen molar-refractivity contribution in [2.75, 3.05) is 58.9 Å². The Bertz CT molecular complexity index is 869. The van der Waals surface area contributed by atoms with Crippen LogP contribution in [0.5, 0.6) is 0 Å². The van der Waals surface area contributed by atoms with Crippen molar-refractivity contribution in [2.24, 2.45) is 0 Å². The molecule has 33 heavy (non-hydrogen) atoms. The predicted molar refractivity (Wildman–Crippen MR) is 119 cm³/mol. The first-order chi connectivity index (χ1) is 15.8. The minimum absolute atomic E-state index is 0.0278. The number of amides is 2. The Morgan fingerprint density at radius 2 is 1.55 bits per heavy atom. The monoisotopic (exact) mass is 464 g/mol. The van der Waals surface area contributed by atoms with E-state index in [0.717, 1.165) is 32.2 Å². The van der Waals surface area contributed by atoms with Gasteiger partial charge in [-0.05, 0) is 30.5 Å². The summed E-state index contributed by atoms with van der Waals surface area (Å²) >= 11 is 0. The SMILES string of the molecule is O=C(/C=C/c1ccccc1C(F)(F)F)N1CCN(CC(=O)N2CCN(C3CCC3)CC2)CC1. The maximum absolute atomic E-state index is 13.1. The Labute approximate surface area is 192 Å². The lowest BCUT2D eigenvalue weighted by atomic mass is 9.91. The summed E-state index contributed by atoms with van der Waals surface area (Å²) in [5.41, 5.74) is -0.786. The molecule has 0 radical (unpaired) electrons. The van der Waals surface area contributed by atoms with Crippen molar-refractivity contribution in [1.82, 2.24) is 19.6 Å². The summed E-state index contributed by atoms with van der Waals surface area (Å²) in [7, 11) is 0. The van der Waals surface area contributed by atoms with Gasteiger partial charge in [-0.3, -0.25) is 19.4 Å². The molecule has 0 aromatic heterocycles. The summed E-state index contributed by atoms with van der Waals surface area (Å²) in [5.74, 6) is -0.184. The van der Waals surface area contributed by atoms with Gasteiger partial charge in [0.1, 0.15) is 0 Å². The van der Waals surface area contributed by atoms with Crippen molar-refractivity contribution in [3.8, 4) is 0 Å². The van der Waals surface area contributed by atoms with Gasteiger partial charge in [0, 0.05) is 64.5 Å². The fraction of sp³-hybridized carbons (Fsp3) is 0.583. The summed E-state index contributed by atoms with van der Waals surface area (Å²) in [6.07, 6.45) is 1.83. The maximum atomic E-state index is 13.1. The van der Waals surface area contributed by atoms with E-state index in [0.29, 0.717) is 38.8 Å². The Hall–Kier alpha value is -2.39. The molecule has 1 aromatic rings. The third-order valence-corrected chi connectivity index (χ3v) is 6.97. The quantitative estimate of drug-likeness (QED) is 0.629. The van der Waals surface area contributed by atoms with Gasteiger partial charge in [-0.1, -0.05) is 24.6 Å². The number of carbonyl (C=O) groups is 2. The van der Waals surface area contributed by atoms with E-state index in [-0.39, 0.29) is 17.4 Å². The zero-order valence-corrected chi connectivity index (χ0v) is 18.8. The first kappa shape index (κ1) is 23.8. The highest BCUT2D eigenvalue weighted by Gasteiger charge is 2.33. The summed E-state index contributed by atoms with van der Waals surface area (Å²) in [4.78, 5) is 33.3. The maximum Gasteiger partial charge on any atom is 0.416 e. The largest absolute Gasteiger partial charge is 0.416 e. The molecule has 3 fully saturated rings. The molecule has 0 N–H and O–H groups in total. The highest BCUT2D eigenvalue weighted by Crippen LogP contribution is 2.32. The highest BCUT2D eigenvalue weighted by molar-refractivity contribution is 5.92. The smallest absolute Gasteiger partial charge is 0.339 e. The van der Waals surface area contributed by atoms with Crippen LogP contribution in [0, 0.1) is 0 Å². The zero-order valence-electron chi connectivity index (χ0n) is 18.8. The number of nitrogens with zero attached hydrogens (tertiary/aromatic N) is 4. The zero-order chi connectivity index (χ0) is 23.4. The fourth-order valence-electron chi connectivity index (χ4n) is 4.67. The summed E-state index contributed by atoms with van der Waals surface area (Å²) in [6.45, 7) is 5.85. The number of hydrogen-bond acceptors (Lipinski definition) is 4. The third kappa shape index (κ3) is 5.95. The standard InChI is InChI=1S/C24H31F3N4O2/c25-24(26,27)21-7-2-1-4-19(21)8-9-22(32)30-12-10-28(11-13-30)18-23(33)31-16-14-29(15-17-31)20-5-3-6-20/h1-2,4,7-9,20H,3,5-6,10-18H2/b9-8+. The van der Waals surface area contributed by atoms with Crippen molar-refractivity contribution < 1.29 is 22.8 Å². The Kier molecular flexibility index (Phi) is 7.38. The number of alkyl halides is 3. The summed E-state index contributed by atoms with van der Waals surface area (Å²) < 4.78 is 39.3. The second kappa shape index (κ2) is 10.3. The van der Waals surface area contributed by atoms with Gasteiger partial charge in [-0.25, -0.2) is 0 Å². The molecule has 1 saturated carbocycles. The number of hydrogen-bond donors (Lipinski definition) is 0. The minimum atomic E-state index is -4.47. The molecule has 3 aliphatic rings. The van der Waals surface area contributed by atoms with Crippen LogP contribution in [0.25, 0.3) is 6.08 Å². The predicted octanol–water partition coefficient (Wildman–Crippen LogP) is 2.56. The van der Waals surface area contributed by atoms with Gasteiger partial charge < -0.3 is 9.80 Å². The fourth-order valence-corrected chi connectivity index (χ4v) is 4.67. The molecule has 0 unspecified atom stereocenters. The summed E-state index contributed by atoms with van der Waals surface area (Å²) in [6, 6.07) is 5.91. The third-order valence-electron chi connectivity index (χ3n) is 6.97. The average molecular weight is 465 g/mol. The topological polar surface area (TPSA) is 47.1 Å². The molecule has 6 nitrogen and oxygen atoms in total. The van der Waals surface area contributed by atoms with Gasteiger partial charge in [0.2, 0.25) is 11.8 Å². The molecule has 0 atom stereocenters. The van der Waals surface area contributed by atoms with E-state index in [4.69, 9.17) is 0 Å². The molecule has 180 valence electrons. The van der Waals surface area contributed by atoms with Crippen LogP contribution in [0.4, 0.5) is 13.2 Å². The van der Waals surface area contributed by atoms with E-state index in [2.05, 4.69) is 4.90 Å². The molecule has 4 rings (SSSR count). The molecular formula is C24H31F3N4O2. The lowest BCUT2D eigenvalue weighted by Gasteiger charge is -2.43. The van der Waals surface area contributed by atoms with Crippen LogP contribution >= 0.6 is 0 Å². The van der Waals surface area contributed by atoms with Gasteiger partial charge in [-0.2, -0.15) is 13.2 Å². The van der Waals surface area contributed by atoms with Crippen LogP contribution in [-0.2, 0) is 15.8 Å². The van der Waals surface area contributed by atoms with Crippen LogP contribution in [0.1, 0.15) is 30.4 Å². The van der Waals surface area contributed by atoms with Gasteiger partial charge in [0.05, 0.1) is 12.1 Å². The number of piperazine rings is 2. The molecule has 2 saturated heterocycles. The van der Waals surface area contributed by atoms with Crippen molar-refractivity contribution in [2.45, 2.75) is 31.5 Å². The molecule has 2 heterocycles. The Balaban J connectivity index is 1.22. The molecule has 2 aliphatic heterocycles. The van der Waals surface area contributed by atoms with E-state index in [1.54, 1.807) is 4.90 Å². The average Bonchev–Trinajstić information content (AvgIpc) is 2.77. The number of carbonyl (C=O) groups excluding carboxylic acids is 2. The molecule has 1 aromatic carbocycles. The molecule has 9 heteroatoms. The van der Waals surface area contributed by atoms with Gasteiger partial charge in [0.15, 0.2) is 0 Å². The first-order valence-electron chi connectivity index (χ1n) is 11.7. The van der Waals surface area contributed by atoms with Crippen molar-refractivity contribution in [3.05, 3.63) is 41.5 Å². The molecule has 2 amide bonds. The van der Waals surface area contributed by atoms with Crippen LogP contribution in [0.15, 0.2) is 30.3 Å². The Morgan fingerprint density at radius 3 is 2.15 bits per heavy atom. The first-order valence-corrected chi connectivity index (χ1v) is 11.7. The molecular weight excluding hydrogens is 433 g/mol. The van der Waals surface area contributed by atoms with Crippen molar-refractivity contribution in [1.29, 1.82) is 0 Å². The van der Waals surface area contributed by atoms with E-state index >= 15 is 0 Å². The van der Waals surface area contributed by atoms with Crippen molar-refractivity contribution >= 4 is 17.9 Å². The lowest BCUT2D eigenvalue weighted by molar-refractivity contribution is -0.138. The van der Waals surface area contributed by atoms with Crippen LogP contribution in [0.3, 0.4) is 0 Å². The van der Waals surface area contributed by atoms with Crippen LogP contribution in [-0.4, -0.2) is 96.4 Å². The number of rotatable bonds is 5. The van der Waals surface area contributed by atoms with Gasteiger partial charge >= 0.3 is 6.18 Å². The lowest BCUT2D eigenvalue weighted by Crippen LogP contribution is -2.56. The molecule has 1 aliphatic carbocycles. The molecule has 0 bridgehead atoms. The van der Waals surface area contributed by atoms with E-state index in [1.165, 1.54) is 49.6 Å². The Morgan fingerprint density at radius 1 is 0.909 bits per heavy atom. The summed E-state index contributed by atoms with van der Waals surface area (Å²) in [5, 5.41) is 0. The number of halogens is 3. The normalized spacial score (nSPS) is 21.4. The molecule has 0 spiro atoms. The minimum Gasteiger partial charge on any atom is -0.339 e. The van der Waals surface area contributed by atoms with Crippen LogP contribution < -0.4 is 0 Å². The van der Waals surface area contributed by atoms with E-state index in [9.17, 15) is 22.8 Å². The van der Waals surface area contributed by atoms with Gasteiger partial charge in [0.25, 0.3) is 0 Å².